The lowest BCUT2D eigenvalue weighted by atomic mass is 9.98. The number of nitrogens with one attached hydrogen (secondary N) is 2. The molecule has 0 heterocycles. The van der Waals surface area contributed by atoms with Crippen molar-refractivity contribution in [2.75, 3.05) is 13.1 Å². The second-order valence-corrected chi connectivity index (χ2v) is 8.17. The van der Waals surface area contributed by atoms with Gasteiger partial charge in [0.1, 0.15) is 6.04 Å². The van der Waals surface area contributed by atoms with E-state index in [-0.39, 0.29) is 11.8 Å². The standard InChI is InChI=1S/C24H35N3O2/c1-17(2)27(18(3)4)15-9-14-25-24(29)23(26-19(5)28)16-21-12-8-11-20-10-6-7-13-22(20)21/h6-8,10-13,17-18,23H,9,14-16H2,1-5H3,(H,25,29)(H,26,28)/t23-/m0/s1. The predicted octanol–water partition coefficient (Wildman–Crippen LogP) is 3.51. The van der Waals surface area contributed by atoms with Crippen molar-refractivity contribution in [3.05, 3.63) is 48.0 Å². The molecule has 5 nitrogen and oxygen atoms in total. The molecular formula is C24H35N3O2. The lowest BCUT2D eigenvalue weighted by Gasteiger charge is -2.30. The van der Waals surface area contributed by atoms with E-state index in [9.17, 15) is 9.59 Å². The van der Waals surface area contributed by atoms with Gasteiger partial charge in [0.25, 0.3) is 0 Å². The number of rotatable bonds is 10. The molecule has 0 saturated carbocycles. The minimum absolute atomic E-state index is 0.131. The van der Waals surface area contributed by atoms with Crippen molar-refractivity contribution in [3.63, 3.8) is 0 Å². The van der Waals surface area contributed by atoms with Crippen LogP contribution < -0.4 is 10.6 Å². The first-order chi connectivity index (χ1) is 13.8. The van der Waals surface area contributed by atoms with Crippen LogP contribution in [0.1, 0.15) is 46.6 Å². The molecule has 0 aliphatic rings. The summed E-state index contributed by atoms with van der Waals surface area (Å²) in [4.78, 5) is 26.9. The largest absolute Gasteiger partial charge is 0.354 e. The van der Waals surface area contributed by atoms with Gasteiger partial charge in [0.15, 0.2) is 0 Å². The van der Waals surface area contributed by atoms with Gasteiger partial charge in [-0.15, -0.1) is 0 Å². The summed E-state index contributed by atoms with van der Waals surface area (Å²) < 4.78 is 0. The summed E-state index contributed by atoms with van der Waals surface area (Å²) in [5.41, 5.74) is 1.06. The molecule has 2 rings (SSSR count). The number of nitrogens with zero attached hydrogens (tertiary/aromatic N) is 1. The Bertz CT molecular complexity index is 803. The van der Waals surface area contributed by atoms with Gasteiger partial charge in [-0.25, -0.2) is 0 Å². The summed E-state index contributed by atoms with van der Waals surface area (Å²) in [5.74, 6) is -0.329. The van der Waals surface area contributed by atoms with E-state index >= 15 is 0 Å². The second kappa shape index (κ2) is 11.0. The van der Waals surface area contributed by atoms with E-state index in [0.29, 0.717) is 25.0 Å². The van der Waals surface area contributed by atoms with E-state index in [1.54, 1.807) is 0 Å². The highest BCUT2D eigenvalue weighted by molar-refractivity contribution is 5.89. The summed E-state index contributed by atoms with van der Waals surface area (Å²) in [6.07, 6.45) is 1.35. The molecule has 0 bridgehead atoms. The molecule has 0 unspecified atom stereocenters. The molecular weight excluding hydrogens is 362 g/mol. The van der Waals surface area contributed by atoms with Crippen LogP contribution in [0.4, 0.5) is 0 Å². The van der Waals surface area contributed by atoms with Gasteiger partial charge in [-0.3, -0.25) is 14.5 Å². The van der Waals surface area contributed by atoms with Crippen LogP contribution in [0, 0.1) is 0 Å². The third-order valence-electron chi connectivity index (χ3n) is 5.22. The Morgan fingerprint density at radius 3 is 2.28 bits per heavy atom. The van der Waals surface area contributed by atoms with Gasteiger partial charge in [0.2, 0.25) is 11.8 Å². The normalized spacial score (nSPS) is 12.6. The smallest absolute Gasteiger partial charge is 0.242 e. The molecule has 2 aromatic rings. The molecule has 1 atom stereocenters. The van der Waals surface area contributed by atoms with Crippen LogP contribution in [0.2, 0.25) is 0 Å². The van der Waals surface area contributed by atoms with Gasteiger partial charge >= 0.3 is 0 Å². The van der Waals surface area contributed by atoms with Crippen molar-refractivity contribution in [1.29, 1.82) is 0 Å². The Kier molecular flexibility index (Phi) is 8.65. The predicted molar refractivity (Wildman–Crippen MR) is 120 cm³/mol. The molecule has 0 aliphatic carbocycles. The molecule has 0 aromatic heterocycles. The quantitative estimate of drug-likeness (QED) is 0.603. The maximum absolute atomic E-state index is 12.8. The number of carbonyl (C=O) groups excluding carboxylic acids is 2. The molecule has 0 aliphatic heterocycles. The van der Waals surface area contributed by atoms with E-state index in [0.717, 1.165) is 29.3 Å². The summed E-state index contributed by atoms with van der Waals surface area (Å²) in [5, 5.41) is 8.07. The topological polar surface area (TPSA) is 61.4 Å². The van der Waals surface area contributed by atoms with Gasteiger partial charge in [0.05, 0.1) is 0 Å². The Balaban J connectivity index is 2.00. The molecule has 29 heavy (non-hydrogen) atoms. The average Bonchev–Trinajstić information content (AvgIpc) is 2.66. The third-order valence-corrected chi connectivity index (χ3v) is 5.22. The number of hydrogen-bond acceptors (Lipinski definition) is 3. The highest BCUT2D eigenvalue weighted by atomic mass is 16.2. The van der Waals surface area contributed by atoms with Gasteiger partial charge < -0.3 is 10.6 Å². The lowest BCUT2D eigenvalue weighted by Crippen LogP contribution is -2.48. The fraction of sp³-hybridized carbons (Fsp3) is 0.500. The monoisotopic (exact) mass is 397 g/mol. The number of carbonyl (C=O) groups is 2. The van der Waals surface area contributed by atoms with Crippen molar-refractivity contribution >= 4 is 22.6 Å². The van der Waals surface area contributed by atoms with Crippen LogP contribution in [0.3, 0.4) is 0 Å². The maximum Gasteiger partial charge on any atom is 0.242 e. The zero-order valence-electron chi connectivity index (χ0n) is 18.4. The lowest BCUT2D eigenvalue weighted by molar-refractivity contribution is -0.128. The highest BCUT2D eigenvalue weighted by Crippen LogP contribution is 2.20. The molecule has 5 heteroatoms. The van der Waals surface area contributed by atoms with Gasteiger partial charge in [0, 0.05) is 38.5 Å². The molecule has 2 N–H and O–H groups in total. The summed E-state index contributed by atoms with van der Waals surface area (Å²) >= 11 is 0. The van der Waals surface area contributed by atoms with Gasteiger partial charge in [-0.1, -0.05) is 42.5 Å². The van der Waals surface area contributed by atoms with Crippen molar-refractivity contribution in [2.45, 2.75) is 65.6 Å². The average molecular weight is 398 g/mol. The molecule has 0 radical (unpaired) electrons. The number of amides is 2. The first-order valence-electron chi connectivity index (χ1n) is 10.6. The van der Waals surface area contributed by atoms with E-state index in [4.69, 9.17) is 0 Å². The Morgan fingerprint density at radius 2 is 1.62 bits per heavy atom. The van der Waals surface area contributed by atoms with Crippen LogP contribution >= 0.6 is 0 Å². The number of benzene rings is 2. The summed E-state index contributed by atoms with van der Waals surface area (Å²) in [6, 6.07) is 14.6. The fourth-order valence-corrected chi connectivity index (χ4v) is 3.85. The Hall–Kier alpha value is -2.40. The summed E-state index contributed by atoms with van der Waals surface area (Å²) in [7, 11) is 0. The van der Waals surface area contributed by atoms with Gasteiger partial charge in [-0.05, 0) is 50.5 Å². The Morgan fingerprint density at radius 1 is 0.966 bits per heavy atom. The molecule has 2 amide bonds. The zero-order chi connectivity index (χ0) is 21.4. The van der Waals surface area contributed by atoms with E-state index < -0.39 is 6.04 Å². The molecule has 0 saturated heterocycles. The highest BCUT2D eigenvalue weighted by Gasteiger charge is 2.21. The first kappa shape index (κ1) is 22.9. The maximum atomic E-state index is 12.8. The van der Waals surface area contributed by atoms with Crippen molar-refractivity contribution < 1.29 is 9.59 Å². The molecule has 158 valence electrons. The summed E-state index contributed by atoms with van der Waals surface area (Å²) in [6.45, 7) is 11.7. The van der Waals surface area contributed by atoms with Crippen molar-refractivity contribution in [2.24, 2.45) is 0 Å². The fourth-order valence-electron chi connectivity index (χ4n) is 3.85. The first-order valence-corrected chi connectivity index (χ1v) is 10.6. The number of fused-ring (bicyclic) bond motifs is 1. The SMILES string of the molecule is CC(=O)N[C@@H](Cc1cccc2ccccc12)C(=O)NCCCN(C(C)C)C(C)C. The zero-order valence-corrected chi connectivity index (χ0v) is 18.4. The Labute approximate surface area is 174 Å². The molecule has 0 spiro atoms. The van der Waals surface area contributed by atoms with Crippen LogP contribution in [0.5, 0.6) is 0 Å². The van der Waals surface area contributed by atoms with Gasteiger partial charge in [-0.2, -0.15) is 0 Å². The number of hydrogen-bond donors (Lipinski definition) is 2. The van der Waals surface area contributed by atoms with Crippen molar-refractivity contribution in [3.8, 4) is 0 Å². The van der Waals surface area contributed by atoms with Crippen LogP contribution in [-0.2, 0) is 16.0 Å². The third kappa shape index (κ3) is 6.86. The van der Waals surface area contributed by atoms with E-state index in [1.165, 1.54) is 6.92 Å². The van der Waals surface area contributed by atoms with E-state index in [1.807, 2.05) is 24.3 Å². The van der Waals surface area contributed by atoms with Crippen LogP contribution in [-0.4, -0.2) is 47.9 Å². The minimum Gasteiger partial charge on any atom is -0.354 e. The van der Waals surface area contributed by atoms with Crippen LogP contribution in [0.25, 0.3) is 10.8 Å². The molecule has 2 aromatic carbocycles. The second-order valence-electron chi connectivity index (χ2n) is 8.17. The molecule has 0 fully saturated rings. The van der Waals surface area contributed by atoms with Crippen LogP contribution in [0.15, 0.2) is 42.5 Å². The van der Waals surface area contributed by atoms with Crippen molar-refractivity contribution in [1.82, 2.24) is 15.5 Å². The minimum atomic E-state index is -0.579. The van der Waals surface area contributed by atoms with E-state index in [2.05, 4.69) is 61.4 Å².